The zero-order valence-electron chi connectivity index (χ0n) is 5.60. The molecule has 0 aromatic heterocycles. The van der Waals surface area contributed by atoms with Crippen molar-refractivity contribution in [1.82, 2.24) is 0 Å². The second-order valence-corrected chi connectivity index (χ2v) is 2.79. The van der Waals surface area contributed by atoms with Gasteiger partial charge in [-0.05, 0) is 6.92 Å². The van der Waals surface area contributed by atoms with E-state index in [-0.39, 0.29) is 0 Å². The maximum atomic E-state index is 5.53. The monoisotopic (exact) mass is 172 g/mol. The molecular weight excluding hydrogens is 164 g/mol. The van der Waals surface area contributed by atoms with Gasteiger partial charge in [-0.25, -0.2) is 0 Å². The van der Waals surface area contributed by atoms with Crippen LogP contribution in [0.25, 0.3) is 0 Å². The molecule has 0 bridgehead atoms. The van der Waals surface area contributed by atoms with Crippen LogP contribution in [-0.4, -0.2) is 6.54 Å². The summed E-state index contributed by atoms with van der Waals surface area (Å²) in [7, 11) is 0. The summed E-state index contributed by atoms with van der Waals surface area (Å²) in [5.41, 5.74) is 7.02. The number of nitrogens with one attached hydrogen (secondary N) is 1. The average molecular weight is 172 g/mol. The Bertz CT molecular complexity index is 309. The molecule has 54 valence electrons. The van der Waals surface area contributed by atoms with E-state index < -0.39 is 0 Å². The molecule has 0 saturated carbocycles. The van der Waals surface area contributed by atoms with Gasteiger partial charge in [-0.2, -0.15) is 0 Å². The molecule has 0 fully saturated rings. The molecular formula is C6H8N2S2. The van der Waals surface area contributed by atoms with Crippen molar-refractivity contribution in [2.75, 3.05) is 17.6 Å². The highest BCUT2D eigenvalue weighted by Crippen LogP contribution is 2.28. The molecule has 3 N–H and O–H groups in total. The van der Waals surface area contributed by atoms with E-state index in [1.165, 1.54) is 0 Å². The van der Waals surface area contributed by atoms with Gasteiger partial charge >= 0.3 is 0 Å². The van der Waals surface area contributed by atoms with Crippen molar-refractivity contribution in [3.63, 3.8) is 0 Å². The second kappa shape index (κ2) is 2.64. The predicted octanol–water partition coefficient (Wildman–Crippen LogP) is 2.04. The van der Waals surface area contributed by atoms with Crippen LogP contribution in [0.4, 0.5) is 11.4 Å². The van der Waals surface area contributed by atoms with E-state index in [0.29, 0.717) is 14.7 Å². The molecule has 0 unspecified atom stereocenters. The summed E-state index contributed by atoms with van der Waals surface area (Å²) in [6, 6.07) is 0. The zero-order valence-corrected chi connectivity index (χ0v) is 7.23. The molecule has 1 aromatic rings. The van der Waals surface area contributed by atoms with Crippen molar-refractivity contribution in [1.29, 1.82) is 0 Å². The first-order valence-corrected chi connectivity index (χ1v) is 3.82. The Morgan fingerprint density at radius 3 is 2.40 bits per heavy atom. The van der Waals surface area contributed by atoms with Gasteiger partial charge in [0.05, 0.1) is 20.4 Å². The Hall–Kier alpha value is -0.480. The first kappa shape index (κ1) is 7.63. The van der Waals surface area contributed by atoms with Crippen LogP contribution in [-0.2, 0) is 0 Å². The number of nitrogens with two attached hydrogens (primary N) is 1. The van der Waals surface area contributed by atoms with Crippen LogP contribution >= 0.6 is 24.4 Å². The smallest absolute Gasteiger partial charge is 0.0832 e. The Labute approximate surface area is 69.7 Å². The number of rotatable bonds is 2. The minimum absolute atomic E-state index is 0.631. The van der Waals surface area contributed by atoms with Crippen molar-refractivity contribution in [2.45, 2.75) is 6.92 Å². The van der Waals surface area contributed by atoms with Gasteiger partial charge in [-0.3, -0.25) is 0 Å². The first-order chi connectivity index (χ1) is 4.68. The van der Waals surface area contributed by atoms with Gasteiger partial charge in [0.15, 0.2) is 0 Å². The van der Waals surface area contributed by atoms with E-state index in [9.17, 15) is 0 Å². The van der Waals surface area contributed by atoms with Crippen LogP contribution in [0.15, 0.2) is 0 Å². The number of anilines is 2. The molecule has 0 heterocycles. The average Bonchev–Trinajstić information content (AvgIpc) is 1.98. The van der Waals surface area contributed by atoms with Crippen molar-refractivity contribution < 1.29 is 0 Å². The molecule has 1 rings (SSSR count). The predicted molar refractivity (Wildman–Crippen MR) is 49.1 cm³/mol. The van der Waals surface area contributed by atoms with E-state index >= 15 is 0 Å². The molecule has 0 radical (unpaired) electrons. The van der Waals surface area contributed by atoms with E-state index in [2.05, 4.69) is 5.32 Å². The van der Waals surface area contributed by atoms with Crippen molar-refractivity contribution in [2.24, 2.45) is 0 Å². The maximum absolute atomic E-state index is 5.53. The summed E-state index contributed by atoms with van der Waals surface area (Å²) < 4.78 is 1.33. The van der Waals surface area contributed by atoms with Crippen LogP contribution in [0.3, 0.4) is 0 Å². The van der Waals surface area contributed by atoms with E-state index in [1.807, 2.05) is 6.92 Å². The Kier molecular flexibility index (Phi) is 2.01. The third-order valence-electron chi connectivity index (χ3n) is 1.30. The number of hydrogen-bond acceptors (Lipinski definition) is 4. The van der Waals surface area contributed by atoms with Crippen LogP contribution in [0.5, 0.6) is 0 Å². The van der Waals surface area contributed by atoms with Crippen LogP contribution < -0.4 is 11.1 Å². The van der Waals surface area contributed by atoms with Gasteiger partial charge in [-0.1, -0.05) is 24.4 Å². The lowest BCUT2D eigenvalue weighted by molar-refractivity contribution is 1.20. The van der Waals surface area contributed by atoms with E-state index in [4.69, 9.17) is 30.2 Å². The number of hydrogen-bond donors (Lipinski definition) is 2. The minimum atomic E-state index is 0.631. The summed E-state index contributed by atoms with van der Waals surface area (Å²) in [5, 5.41) is 3.04. The maximum Gasteiger partial charge on any atom is 0.0832 e. The molecule has 10 heavy (non-hydrogen) atoms. The van der Waals surface area contributed by atoms with Crippen molar-refractivity contribution in [3.8, 4) is 0 Å². The van der Waals surface area contributed by atoms with Gasteiger partial charge in [-0.15, -0.1) is 0 Å². The highest BCUT2D eigenvalue weighted by atomic mass is 32.1. The lowest BCUT2D eigenvalue weighted by Gasteiger charge is -2.10. The van der Waals surface area contributed by atoms with Gasteiger partial charge < -0.3 is 11.1 Å². The molecule has 0 amide bonds. The quantitative estimate of drug-likeness (QED) is 0.669. The normalized spacial score (nSPS) is 10.1. The molecule has 0 spiro atoms. The second-order valence-electron chi connectivity index (χ2n) is 1.98. The lowest BCUT2D eigenvalue weighted by atomic mass is 10.2. The van der Waals surface area contributed by atoms with Crippen LogP contribution in [0.1, 0.15) is 6.92 Å². The highest BCUT2D eigenvalue weighted by molar-refractivity contribution is 7.74. The molecule has 0 aliphatic carbocycles. The summed E-state index contributed by atoms with van der Waals surface area (Å²) in [5.74, 6) is 0. The molecule has 0 atom stereocenters. The summed E-state index contributed by atoms with van der Waals surface area (Å²) in [6.07, 6.45) is 0. The largest absolute Gasteiger partial charge is 0.396 e. The van der Waals surface area contributed by atoms with E-state index in [1.54, 1.807) is 0 Å². The SMILES string of the molecule is CCNc1c(N)c(=S)c1=S. The van der Waals surface area contributed by atoms with Gasteiger partial charge in [0.2, 0.25) is 0 Å². The van der Waals surface area contributed by atoms with Crippen molar-refractivity contribution >= 4 is 35.8 Å². The minimum Gasteiger partial charge on any atom is -0.396 e. The fourth-order valence-electron chi connectivity index (χ4n) is 0.761. The molecule has 0 aliphatic rings. The van der Waals surface area contributed by atoms with Gasteiger partial charge in [0, 0.05) is 6.54 Å². The molecule has 1 aromatic carbocycles. The Balaban J connectivity index is 2.99. The third-order valence-corrected chi connectivity index (χ3v) is 2.26. The third kappa shape index (κ3) is 0.932. The molecule has 0 saturated heterocycles. The van der Waals surface area contributed by atoms with Crippen LogP contribution in [0.2, 0.25) is 0 Å². The summed E-state index contributed by atoms with van der Waals surface area (Å²) >= 11 is 9.78. The molecule has 2 nitrogen and oxygen atoms in total. The topological polar surface area (TPSA) is 38.0 Å². The van der Waals surface area contributed by atoms with Gasteiger partial charge in [0.25, 0.3) is 0 Å². The van der Waals surface area contributed by atoms with Gasteiger partial charge in [0.1, 0.15) is 0 Å². The zero-order chi connectivity index (χ0) is 7.72. The van der Waals surface area contributed by atoms with E-state index in [0.717, 1.165) is 12.2 Å². The fourth-order valence-corrected chi connectivity index (χ4v) is 1.26. The summed E-state index contributed by atoms with van der Waals surface area (Å²) in [4.78, 5) is 0. The highest BCUT2D eigenvalue weighted by Gasteiger charge is 2.08. The standard InChI is InChI=1S/C6H8N2S2/c1-2-8-4-3(7)5(9)6(4)10/h8H,2,7H2,1H3. The number of nitrogen functional groups attached to an aromatic ring is 1. The Morgan fingerprint density at radius 1 is 1.40 bits per heavy atom. The Morgan fingerprint density at radius 2 is 2.00 bits per heavy atom. The fraction of sp³-hybridized carbons (Fsp3) is 0.333. The van der Waals surface area contributed by atoms with Crippen molar-refractivity contribution in [3.05, 3.63) is 9.02 Å². The first-order valence-electron chi connectivity index (χ1n) is 3.01. The summed E-state index contributed by atoms with van der Waals surface area (Å²) in [6.45, 7) is 2.82. The van der Waals surface area contributed by atoms with Crippen LogP contribution in [0, 0.1) is 9.02 Å². The molecule has 0 aliphatic heterocycles. The molecule has 4 heteroatoms. The lowest BCUT2D eigenvalue weighted by Crippen LogP contribution is -2.05.